The molecule has 1 fully saturated rings. The Labute approximate surface area is 123 Å². The highest BCUT2D eigenvalue weighted by molar-refractivity contribution is 9.10. The van der Waals surface area contributed by atoms with Gasteiger partial charge in [-0.25, -0.2) is 0 Å². The van der Waals surface area contributed by atoms with E-state index in [1.807, 2.05) is 0 Å². The quantitative estimate of drug-likeness (QED) is 0.826. The molecule has 20 heavy (non-hydrogen) atoms. The molecular formula is C13H15BrF3NO2. The van der Waals surface area contributed by atoms with Gasteiger partial charge in [-0.05, 0) is 37.1 Å². The van der Waals surface area contributed by atoms with Gasteiger partial charge in [-0.1, -0.05) is 15.9 Å². The van der Waals surface area contributed by atoms with E-state index in [0.717, 1.165) is 4.47 Å². The molecule has 1 aliphatic rings. The molecule has 1 unspecified atom stereocenters. The molecule has 0 spiro atoms. The molecule has 1 aromatic rings. The fourth-order valence-corrected chi connectivity index (χ4v) is 2.05. The van der Waals surface area contributed by atoms with Crippen molar-refractivity contribution in [2.75, 3.05) is 13.2 Å². The van der Waals surface area contributed by atoms with Crippen molar-refractivity contribution in [2.45, 2.75) is 30.7 Å². The van der Waals surface area contributed by atoms with Crippen molar-refractivity contribution >= 4 is 15.9 Å². The third-order valence-corrected chi connectivity index (χ3v) is 3.75. The maximum atomic E-state index is 12.7. The van der Waals surface area contributed by atoms with Crippen LogP contribution in [-0.2, 0) is 0 Å². The summed E-state index contributed by atoms with van der Waals surface area (Å²) in [7, 11) is 0. The minimum Gasteiger partial charge on any atom is -0.491 e. The summed E-state index contributed by atoms with van der Waals surface area (Å²) in [5.41, 5.74) is -1.80. The van der Waals surface area contributed by atoms with Gasteiger partial charge in [0.25, 0.3) is 0 Å². The molecule has 1 atom stereocenters. The molecule has 2 rings (SSSR count). The SMILES string of the molecule is OC(CNC1(C(F)(F)F)CC1)COc1ccc(Br)cc1. The third-order valence-electron chi connectivity index (χ3n) is 3.22. The Morgan fingerprint density at radius 3 is 2.40 bits per heavy atom. The van der Waals surface area contributed by atoms with Crippen molar-refractivity contribution in [3.05, 3.63) is 28.7 Å². The van der Waals surface area contributed by atoms with Gasteiger partial charge in [0.15, 0.2) is 0 Å². The molecule has 0 bridgehead atoms. The Balaban J connectivity index is 1.73. The van der Waals surface area contributed by atoms with Crippen LogP contribution in [0.1, 0.15) is 12.8 Å². The standard InChI is InChI=1S/C13H15BrF3NO2/c14-9-1-3-11(4-2-9)20-8-10(19)7-18-12(5-6-12)13(15,16)17/h1-4,10,18-19H,5-8H2. The molecule has 1 aromatic carbocycles. The lowest BCUT2D eigenvalue weighted by atomic mass is 10.2. The first-order valence-electron chi connectivity index (χ1n) is 6.21. The summed E-state index contributed by atoms with van der Waals surface area (Å²) in [5, 5.41) is 12.1. The largest absolute Gasteiger partial charge is 0.491 e. The second-order valence-electron chi connectivity index (χ2n) is 4.88. The van der Waals surface area contributed by atoms with E-state index in [2.05, 4.69) is 21.2 Å². The number of rotatable bonds is 6. The first-order valence-corrected chi connectivity index (χ1v) is 7.00. The van der Waals surface area contributed by atoms with E-state index < -0.39 is 17.8 Å². The summed E-state index contributed by atoms with van der Waals surface area (Å²) in [6, 6.07) is 6.98. The number of aliphatic hydroxyl groups excluding tert-OH is 1. The van der Waals surface area contributed by atoms with Gasteiger partial charge in [0, 0.05) is 11.0 Å². The average molecular weight is 354 g/mol. The van der Waals surface area contributed by atoms with E-state index in [9.17, 15) is 18.3 Å². The fraction of sp³-hybridized carbons (Fsp3) is 0.538. The van der Waals surface area contributed by atoms with Crippen molar-refractivity contribution in [1.29, 1.82) is 0 Å². The summed E-state index contributed by atoms with van der Waals surface area (Å²) >= 11 is 3.28. The zero-order valence-corrected chi connectivity index (χ0v) is 12.2. The van der Waals surface area contributed by atoms with Crippen LogP contribution in [0.25, 0.3) is 0 Å². The number of halogens is 4. The summed E-state index contributed by atoms with van der Waals surface area (Å²) in [6.07, 6.45) is -5.12. The average Bonchev–Trinajstić information content (AvgIpc) is 3.16. The molecule has 2 N–H and O–H groups in total. The van der Waals surface area contributed by atoms with Crippen molar-refractivity contribution in [1.82, 2.24) is 5.32 Å². The Hall–Kier alpha value is -0.790. The first kappa shape index (κ1) is 15.6. The van der Waals surface area contributed by atoms with E-state index in [0.29, 0.717) is 5.75 Å². The van der Waals surface area contributed by atoms with Crippen LogP contribution in [0.4, 0.5) is 13.2 Å². The lowest BCUT2D eigenvalue weighted by Crippen LogP contribution is -2.48. The molecule has 0 radical (unpaired) electrons. The normalized spacial score (nSPS) is 18.6. The van der Waals surface area contributed by atoms with Crippen LogP contribution >= 0.6 is 15.9 Å². The maximum Gasteiger partial charge on any atom is 0.406 e. The van der Waals surface area contributed by atoms with E-state index in [4.69, 9.17) is 4.74 Å². The fourth-order valence-electron chi connectivity index (χ4n) is 1.78. The molecule has 1 saturated carbocycles. The van der Waals surface area contributed by atoms with Gasteiger partial charge in [-0.2, -0.15) is 13.2 Å². The van der Waals surface area contributed by atoms with Crippen molar-refractivity contribution < 1.29 is 23.0 Å². The van der Waals surface area contributed by atoms with Gasteiger partial charge >= 0.3 is 6.18 Å². The van der Waals surface area contributed by atoms with Crippen LogP contribution in [0.3, 0.4) is 0 Å². The van der Waals surface area contributed by atoms with Crippen molar-refractivity contribution in [2.24, 2.45) is 0 Å². The van der Waals surface area contributed by atoms with Gasteiger partial charge in [-0.15, -0.1) is 0 Å². The van der Waals surface area contributed by atoms with Crippen LogP contribution in [0.15, 0.2) is 28.7 Å². The molecule has 0 aromatic heterocycles. The topological polar surface area (TPSA) is 41.5 Å². The smallest absolute Gasteiger partial charge is 0.406 e. The van der Waals surface area contributed by atoms with Crippen LogP contribution in [-0.4, -0.2) is 36.1 Å². The number of hydrogen-bond acceptors (Lipinski definition) is 3. The number of alkyl halides is 3. The summed E-state index contributed by atoms with van der Waals surface area (Å²) in [4.78, 5) is 0. The molecule has 0 aliphatic heterocycles. The Morgan fingerprint density at radius 2 is 1.90 bits per heavy atom. The minimum atomic E-state index is -4.26. The summed E-state index contributed by atoms with van der Waals surface area (Å²) < 4.78 is 44.2. The highest BCUT2D eigenvalue weighted by Gasteiger charge is 2.63. The zero-order chi connectivity index (χ0) is 14.8. The first-order chi connectivity index (χ1) is 9.32. The van der Waals surface area contributed by atoms with Gasteiger partial charge < -0.3 is 15.2 Å². The van der Waals surface area contributed by atoms with Crippen LogP contribution < -0.4 is 10.1 Å². The number of hydrogen-bond donors (Lipinski definition) is 2. The predicted molar refractivity (Wildman–Crippen MR) is 71.7 cm³/mol. The summed E-state index contributed by atoms with van der Waals surface area (Å²) in [6.45, 7) is -0.196. The highest BCUT2D eigenvalue weighted by Crippen LogP contribution is 2.48. The van der Waals surface area contributed by atoms with Crippen molar-refractivity contribution in [3.8, 4) is 5.75 Å². The molecule has 0 saturated heterocycles. The lowest BCUT2D eigenvalue weighted by Gasteiger charge is -2.22. The molecule has 0 heterocycles. The molecule has 7 heteroatoms. The van der Waals surface area contributed by atoms with Crippen LogP contribution in [0, 0.1) is 0 Å². The van der Waals surface area contributed by atoms with Gasteiger partial charge in [-0.3, -0.25) is 0 Å². The Bertz CT molecular complexity index is 446. The molecule has 1 aliphatic carbocycles. The number of β-amino-alcohol motifs (C(OH)–C–C–N with tert-alkyl or cyclic N) is 1. The Kier molecular flexibility index (Phi) is 4.61. The summed E-state index contributed by atoms with van der Waals surface area (Å²) in [5.74, 6) is 0.559. The van der Waals surface area contributed by atoms with E-state index in [1.54, 1.807) is 24.3 Å². The molecule has 112 valence electrons. The molecule has 0 amide bonds. The maximum absolute atomic E-state index is 12.7. The second kappa shape index (κ2) is 5.91. The van der Waals surface area contributed by atoms with Gasteiger partial charge in [0.1, 0.15) is 24.0 Å². The second-order valence-corrected chi connectivity index (χ2v) is 5.80. The number of nitrogens with one attached hydrogen (secondary N) is 1. The van der Waals surface area contributed by atoms with E-state index >= 15 is 0 Å². The highest BCUT2D eigenvalue weighted by atomic mass is 79.9. The monoisotopic (exact) mass is 353 g/mol. The number of ether oxygens (including phenoxy) is 1. The minimum absolute atomic E-state index is 0.0530. The van der Waals surface area contributed by atoms with Crippen LogP contribution in [0.5, 0.6) is 5.75 Å². The molecule has 3 nitrogen and oxygen atoms in total. The Morgan fingerprint density at radius 1 is 1.30 bits per heavy atom. The van der Waals surface area contributed by atoms with Crippen LogP contribution in [0.2, 0.25) is 0 Å². The lowest BCUT2D eigenvalue weighted by molar-refractivity contribution is -0.166. The van der Waals surface area contributed by atoms with Gasteiger partial charge in [0.2, 0.25) is 0 Å². The predicted octanol–water partition coefficient (Wildman–Crippen LogP) is 2.87. The van der Waals surface area contributed by atoms with E-state index in [-0.39, 0.29) is 26.0 Å². The zero-order valence-electron chi connectivity index (χ0n) is 10.6. The number of aliphatic hydroxyl groups is 1. The molecular weight excluding hydrogens is 339 g/mol. The third kappa shape index (κ3) is 3.86. The van der Waals surface area contributed by atoms with E-state index in [1.165, 1.54) is 0 Å². The number of benzene rings is 1. The van der Waals surface area contributed by atoms with Crippen molar-refractivity contribution in [3.63, 3.8) is 0 Å². The van der Waals surface area contributed by atoms with Gasteiger partial charge in [0.05, 0.1) is 0 Å².